The summed E-state index contributed by atoms with van der Waals surface area (Å²) in [5, 5.41) is 1.30. The molecule has 0 radical (unpaired) electrons. The SMILES string of the molecule is CC1(C)c2ccccc2C(=O)N2CCc3c([nH]c4ccccc34)C21. The molecular formula is C21H20N2O. The van der Waals surface area contributed by atoms with Crippen LogP contribution in [0.2, 0.25) is 0 Å². The Bertz CT molecular complexity index is 982. The summed E-state index contributed by atoms with van der Waals surface area (Å²) < 4.78 is 0. The van der Waals surface area contributed by atoms with Crippen molar-refractivity contribution in [3.63, 3.8) is 0 Å². The topological polar surface area (TPSA) is 36.1 Å². The number of carbonyl (C=O) groups excluding carboxylic acids is 1. The average Bonchev–Trinajstić information content (AvgIpc) is 2.98. The highest BCUT2D eigenvalue weighted by atomic mass is 16.2. The van der Waals surface area contributed by atoms with E-state index in [1.165, 1.54) is 22.2 Å². The normalized spacial score (nSPS) is 21.3. The molecule has 1 aromatic heterocycles. The third-order valence-electron chi connectivity index (χ3n) is 5.83. The van der Waals surface area contributed by atoms with Gasteiger partial charge in [0.05, 0.1) is 6.04 Å². The lowest BCUT2D eigenvalue weighted by Gasteiger charge is -2.49. The number of fused-ring (bicyclic) bond motifs is 6. The van der Waals surface area contributed by atoms with E-state index in [4.69, 9.17) is 0 Å². The summed E-state index contributed by atoms with van der Waals surface area (Å²) in [6.07, 6.45) is 0.917. The fourth-order valence-electron chi connectivity index (χ4n) is 4.74. The number of benzene rings is 2. The highest BCUT2D eigenvalue weighted by Gasteiger charge is 2.48. The molecule has 24 heavy (non-hydrogen) atoms. The second kappa shape index (κ2) is 4.50. The molecule has 1 N–H and O–H groups in total. The molecule has 3 heterocycles. The maximum atomic E-state index is 13.1. The minimum Gasteiger partial charge on any atom is -0.356 e. The van der Waals surface area contributed by atoms with Crippen molar-refractivity contribution in [2.24, 2.45) is 0 Å². The minimum absolute atomic E-state index is 0.0658. The Balaban J connectivity index is 1.79. The monoisotopic (exact) mass is 316 g/mol. The first kappa shape index (κ1) is 13.8. The number of para-hydroxylation sites is 1. The van der Waals surface area contributed by atoms with Crippen LogP contribution >= 0.6 is 0 Å². The van der Waals surface area contributed by atoms with Crippen LogP contribution in [0.15, 0.2) is 48.5 Å². The van der Waals surface area contributed by atoms with Crippen molar-refractivity contribution >= 4 is 16.8 Å². The van der Waals surface area contributed by atoms with Gasteiger partial charge in [-0.1, -0.05) is 50.2 Å². The largest absolute Gasteiger partial charge is 0.356 e. The molecule has 2 aliphatic rings. The van der Waals surface area contributed by atoms with Crippen molar-refractivity contribution in [1.82, 2.24) is 9.88 Å². The number of nitrogens with zero attached hydrogens (tertiary/aromatic N) is 1. The smallest absolute Gasteiger partial charge is 0.254 e. The van der Waals surface area contributed by atoms with Crippen molar-refractivity contribution in [2.75, 3.05) is 6.54 Å². The molecule has 3 nitrogen and oxygen atoms in total. The summed E-state index contributed by atoms with van der Waals surface area (Å²) in [6.45, 7) is 5.31. The first-order valence-electron chi connectivity index (χ1n) is 8.59. The van der Waals surface area contributed by atoms with E-state index in [1.54, 1.807) is 0 Å². The van der Waals surface area contributed by atoms with Crippen LogP contribution in [-0.2, 0) is 11.8 Å². The molecule has 1 atom stereocenters. The summed E-state index contributed by atoms with van der Waals surface area (Å²) in [6, 6.07) is 16.6. The third-order valence-corrected chi connectivity index (χ3v) is 5.83. The zero-order valence-corrected chi connectivity index (χ0v) is 14.0. The summed E-state index contributed by atoms with van der Waals surface area (Å²) in [5.74, 6) is 0.166. The second-order valence-corrected chi connectivity index (χ2v) is 7.48. The van der Waals surface area contributed by atoms with Crippen LogP contribution in [0.3, 0.4) is 0 Å². The van der Waals surface area contributed by atoms with Gasteiger partial charge in [0.1, 0.15) is 0 Å². The number of hydrogen-bond acceptors (Lipinski definition) is 1. The van der Waals surface area contributed by atoms with E-state index in [0.717, 1.165) is 24.1 Å². The van der Waals surface area contributed by atoms with E-state index >= 15 is 0 Å². The number of nitrogens with one attached hydrogen (secondary N) is 1. The van der Waals surface area contributed by atoms with Gasteiger partial charge in [0.2, 0.25) is 0 Å². The predicted octanol–water partition coefficient (Wildman–Crippen LogP) is 4.20. The molecule has 2 aromatic carbocycles. The highest BCUT2D eigenvalue weighted by Crippen LogP contribution is 2.50. The van der Waals surface area contributed by atoms with Crippen LogP contribution in [0.25, 0.3) is 10.9 Å². The molecule has 0 bridgehead atoms. The number of hydrogen-bond donors (Lipinski definition) is 1. The lowest BCUT2D eigenvalue weighted by molar-refractivity contribution is 0.0500. The Labute approximate surface area is 141 Å². The Kier molecular flexibility index (Phi) is 2.60. The Morgan fingerprint density at radius 3 is 2.71 bits per heavy atom. The molecule has 3 heteroatoms. The Hall–Kier alpha value is -2.55. The fraction of sp³-hybridized carbons (Fsp3) is 0.286. The minimum atomic E-state index is -0.124. The van der Waals surface area contributed by atoms with E-state index in [1.807, 2.05) is 18.2 Å². The van der Waals surface area contributed by atoms with Crippen LogP contribution < -0.4 is 0 Å². The van der Waals surface area contributed by atoms with E-state index < -0.39 is 0 Å². The quantitative estimate of drug-likeness (QED) is 0.663. The molecule has 2 aliphatic heterocycles. The maximum absolute atomic E-state index is 13.1. The second-order valence-electron chi connectivity index (χ2n) is 7.48. The van der Waals surface area contributed by atoms with Crippen molar-refractivity contribution in [2.45, 2.75) is 31.7 Å². The first-order chi connectivity index (χ1) is 11.6. The maximum Gasteiger partial charge on any atom is 0.254 e. The Morgan fingerprint density at radius 1 is 1.08 bits per heavy atom. The summed E-state index contributed by atoms with van der Waals surface area (Å²) in [7, 11) is 0. The van der Waals surface area contributed by atoms with Crippen molar-refractivity contribution in [3.8, 4) is 0 Å². The van der Waals surface area contributed by atoms with E-state index in [0.29, 0.717) is 0 Å². The molecule has 3 aromatic rings. The van der Waals surface area contributed by atoms with Crippen LogP contribution in [0.1, 0.15) is 47.1 Å². The molecule has 120 valence electrons. The average molecular weight is 316 g/mol. The number of rotatable bonds is 0. The first-order valence-corrected chi connectivity index (χ1v) is 8.59. The van der Waals surface area contributed by atoms with Gasteiger partial charge in [0.25, 0.3) is 5.91 Å². The van der Waals surface area contributed by atoms with Crippen LogP contribution in [0, 0.1) is 0 Å². The van der Waals surface area contributed by atoms with E-state index in [9.17, 15) is 4.79 Å². The van der Waals surface area contributed by atoms with Crippen molar-refractivity contribution in [3.05, 3.63) is 70.9 Å². The molecule has 0 saturated heterocycles. The van der Waals surface area contributed by atoms with Crippen molar-refractivity contribution in [1.29, 1.82) is 0 Å². The lowest BCUT2D eigenvalue weighted by atomic mass is 9.69. The molecule has 0 saturated carbocycles. The van der Waals surface area contributed by atoms with Crippen LogP contribution in [-0.4, -0.2) is 22.3 Å². The number of H-pyrrole nitrogens is 1. The molecule has 0 spiro atoms. The van der Waals surface area contributed by atoms with Gasteiger partial charge in [-0.05, 0) is 29.7 Å². The van der Waals surface area contributed by atoms with E-state index in [-0.39, 0.29) is 17.4 Å². The van der Waals surface area contributed by atoms with Gasteiger partial charge >= 0.3 is 0 Å². The lowest BCUT2D eigenvalue weighted by Crippen LogP contribution is -2.52. The Morgan fingerprint density at radius 2 is 1.83 bits per heavy atom. The highest BCUT2D eigenvalue weighted by molar-refractivity contribution is 5.98. The zero-order valence-electron chi connectivity index (χ0n) is 14.0. The van der Waals surface area contributed by atoms with E-state index in [2.05, 4.69) is 54.1 Å². The molecule has 1 amide bonds. The molecule has 1 unspecified atom stereocenters. The number of aromatic nitrogens is 1. The predicted molar refractivity (Wildman–Crippen MR) is 95.2 cm³/mol. The zero-order chi connectivity index (χ0) is 16.5. The number of amides is 1. The van der Waals surface area contributed by atoms with Gasteiger partial charge in [-0.15, -0.1) is 0 Å². The van der Waals surface area contributed by atoms with Crippen molar-refractivity contribution < 1.29 is 4.79 Å². The van der Waals surface area contributed by atoms with Crippen LogP contribution in [0.5, 0.6) is 0 Å². The van der Waals surface area contributed by atoms with Gasteiger partial charge in [0.15, 0.2) is 0 Å². The molecule has 0 fully saturated rings. The van der Waals surface area contributed by atoms with Gasteiger partial charge in [-0.2, -0.15) is 0 Å². The fourth-order valence-corrected chi connectivity index (χ4v) is 4.74. The summed E-state index contributed by atoms with van der Waals surface area (Å²) in [5.41, 5.74) is 5.66. The van der Waals surface area contributed by atoms with Gasteiger partial charge in [-0.25, -0.2) is 0 Å². The van der Waals surface area contributed by atoms with Gasteiger partial charge in [0, 0.05) is 34.1 Å². The standard InChI is InChI=1S/C21H20N2O/c1-21(2)16-9-5-3-8-15(16)20(24)23-12-11-14-13-7-4-6-10-17(13)22-18(14)19(21)23/h3-10,19,22H,11-12H2,1-2H3. The molecule has 5 rings (SSSR count). The molecular weight excluding hydrogens is 296 g/mol. The number of carbonyl (C=O) groups is 1. The summed E-state index contributed by atoms with van der Waals surface area (Å²) in [4.78, 5) is 18.8. The number of aromatic amines is 1. The van der Waals surface area contributed by atoms with Crippen LogP contribution in [0.4, 0.5) is 0 Å². The molecule has 0 aliphatic carbocycles. The van der Waals surface area contributed by atoms with Gasteiger partial charge in [-0.3, -0.25) is 4.79 Å². The van der Waals surface area contributed by atoms with Gasteiger partial charge < -0.3 is 9.88 Å². The third kappa shape index (κ3) is 1.59. The summed E-state index contributed by atoms with van der Waals surface area (Å²) >= 11 is 0.